The van der Waals surface area contributed by atoms with Crippen LogP contribution in [0.25, 0.3) is 0 Å². The van der Waals surface area contributed by atoms with E-state index in [1.165, 1.54) is 12.8 Å². The Morgan fingerprint density at radius 2 is 1.75 bits per heavy atom. The quantitative estimate of drug-likeness (QED) is 0.818. The van der Waals surface area contributed by atoms with Gasteiger partial charge in [-0.15, -0.1) is 0 Å². The van der Waals surface area contributed by atoms with E-state index in [-0.39, 0.29) is 11.7 Å². The minimum Gasteiger partial charge on any atom is -0.298 e. The maximum Gasteiger partial charge on any atom is 0.158 e. The predicted molar refractivity (Wildman–Crippen MR) is 78.8 cm³/mol. The molecule has 4 heteroatoms. The zero-order chi connectivity index (χ0) is 14.3. The van der Waals surface area contributed by atoms with E-state index in [0.717, 1.165) is 12.8 Å². The van der Waals surface area contributed by atoms with Crippen LogP contribution >= 0.6 is 23.2 Å². The van der Waals surface area contributed by atoms with Crippen LogP contribution in [0.5, 0.6) is 0 Å². The maximum absolute atomic E-state index is 12.7. The van der Waals surface area contributed by atoms with Crippen LogP contribution in [-0.4, -0.2) is 5.78 Å². The molecule has 2 fully saturated rings. The molecule has 2 nitrogen and oxygen atoms in total. The molecule has 3 unspecified atom stereocenters. The summed E-state index contributed by atoms with van der Waals surface area (Å²) in [5.74, 6) is 0.224. The van der Waals surface area contributed by atoms with Crippen LogP contribution in [0.15, 0.2) is 18.2 Å². The van der Waals surface area contributed by atoms with Gasteiger partial charge < -0.3 is 0 Å². The highest BCUT2D eigenvalue weighted by atomic mass is 35.5. The first-order valence-corrected chi connectivity index (χ1v) is 7.78. The molecule has 0 heterocycles. The first-order valence-electron chi connectivity index (χ1n) is 7.02. The number of hydrogen-bond donors (Lipinski definition) is 0. The summed E-state index contributed by atoms with van der Waals surface area (Å²) < 4.78 is 0. The predicted octanol–water partition coefficient (Wildman–Crippen LogP) is 4.61. The van der Waals surface area contributed by atoms with Gasteiger partial charge in [0.2, 0.25) is 0 Å². The molecule has 3 atom stereocenters. The molecule has 0 saturated heterocycles. The number of nitrogens with zero attached hydrogens (tertiary/aromatic N) is 1. The fraction of sp³-hybridized carbons (Fsp3) is 0.500. The van der Waals surface area contributed by atoms with Crippen molar-refractivity contribution in [3.8, 4) is 6.07 Å². The van der Waals surface area contributed by atoms with Gasteiger partial charge in [0.05, 0.1) is 6.07 Å². The largest absolute Gasteiger partial charge is 0.298 e. The van der Waals surface area contributed by atoms with Crippen molar-refractivity contribution in [3.63, 3.8) is 0 Å². The molecular formula is C16H15Cl2NO. The van der Waals surface area contributed by atoms with Gasteiger partial charge >= 0.3 is 0 Å². The molecule has 2 aliphatic carbocycles. The van der Waals surface area contributed by atoms with E-state index in [9.17, 15) is 10.1 Å². The van der Waals surface area contributed by atoms with E-state index in [4.69, 9.17) is 23.2 Å². The van der Waals surface area contributed by atoms with Gasteiger partial charge in [0.25, 0.3) is 0 Å². The number of ketones is 1. The van der Waals surface area contributed by atoms with Gasteiger partial charge in [0.1, 0.15) is 5.92 Å². The average Bonchev–Trinajstić information content (AvgIpc) is 3.16. The lowest BCUT2D eigenvalue weighted by atomic mass is 9.92. The molecule has 2 aliphatic rings. The van der Waals surface area contributed by atoms with Crippen molar-refractivity contribution in [2.45, 2.75) is 31.6 Å². The van der Waals surface area contributed by atoms with E-state index in [2.05, 4.69) is 6.07 Å². The van der Waals surface area contributed by atoms with Crippen LogP contribution in [0.1, 0.15) is 37.2 Å². The number of Topliss-reactive ketones (excluding diaryl/α,β-unsaturated/α-hetero) is 1. The number of halogens is 2. The van der Waals surface area contributed by atoms with Gasteiger partial charge in [-0.25, -0.2) is 0 Å². The molecule has 0 bridgehead atoms. The minimum atomic E-state index is -0.827. The lowest BCUT2D eigenvalue weighted by Gasteiger charge is -2.12. The molecule has 0 aromatic heterocycles. The number of fused-ring (bicyclic) bond motifs is 1. The van der Waals surface area contributed by atoms with Gasteiger partial charge in [0.15, 0.2) is 5.78 Å². The smallest absolute Gasteiger partial charge is 0.158 e. The molecule has 1 aromatic carbocycles. The van der Waals surface area contributed by atoms with Gasteiger partial charge in [-0.3, -0.25) is 4.79 Å². The third kappa shape index (κ3) is 2.24. The molecule has 0 amide bonds. The van der Waals surface area contributed by atoms with Crippen LogP contribution in [-0.2, 0) is 4.79 Å². The second-order valence-electron chi connectivity index (χ2n) is 5.74. The number of benzene rings is 1. The summed E-state index contributed by atoms with van der Waals surface area (Å²) in [5, 5.41) is 10.2. The van der Waals surface area contributed by atoms with Crippen molar-refractivity contribution in [2.24, 2.45) is 17.8 Å². The summed E-state index contributed by atoms with van der Waals surface area (Å²) in [6.45, 7) is 0. The maximum atomic E-state index is 12.7. The van der Waals surface area contributed by atoms with E-state index in [1.807, 2.05) is 0 Å². The third-order valence-corrected chi connectivity index (χ3v) is 5.35. The van der Waals surface area contributed by atoms with Crippen molar-refractivity contribution in [1.29, 1.82) is 5.26 Å². The van der Waals surface area contributed by atoms with E-state index >= 15 is 0 Å². The van der Waals surface area contributed by atoms with Crippen LogP contribution < -0.4 is 0 Å². The minimum absolute atomic E-state index is 0.0133. The summed E-state index contributed by atoms with van der Waals surface area (Å²) in [6.07, 6.45) is 4.65. The fourth-order valence-electron chi connectivity index (χ4n) is 3.66. The first-order chi connectivity index (χ1) is 9.65. The van der Waals surface area contributed by atoms with Crippen molar-refractivity contribution in [1.82, 2.24) is 0 Å². The molecule has 0 radical (unpaired) electrons. The summed E-state index contributed by atoms with van der Waals surface area (Å²) >= 11 is 12.3. The van der Waals surface area contributed by atoms with E-state index < -0.39 is 5.92 Å². The molecule has 0 spiro atoms. The number of carbonyl (C=O) groups excluding carboxylic acids is 1. The van der Waals surface area contributed by atoms with Crippen LogP contribution in [0.4, 0.5) is 0 Å². The van der Waals surface area contributed by atoms with E-state index in [1.54, 1.807) is 18.2 Å². The van der Waals surface area contributed by atoms with Crippen molar-refractivity contribution in [2.75, 3.05) is 0 Å². The molecule has 2 saturated carbocycles. The van der Waals surface area contributed by atoms with Gasteiger partial charge in [-0.05, 0) is 36.8 Å². The van der Waals surface area contributed by atoms with Crippen LogP contribution in [0.3, 0.4) is 0 Å². The summed E-state index contributed by atoms with van der Waals surface area (Å²) in [4.78, 5) is 12.7. The normalized spacial score (nSPS) is 29.1. The Hall–Kier alpha value is -1.04. The highest BCUT2D eigenvalue weighted by molar-refractivity contribution is 6.36. The zero-order valence-corrected chi connectivity index (χ0v) is 12.5. The second-order valence-corrected chi connectivity index (χ2v) is 6.55. The zero-order valence-electron chi connectivity index (χ0n) is 11.0. The molecule has 0 aliphatic heterocycles. The Balaban J connectivity index is 1.88. The number of nitriles is 1. The first kappa shape index (κ1) is 13.9. The molecule has 20 heavy (non-hydrogen) atoms. The highest BCUT2D eigenvalue weighted by Crippen LogP contribution is 2.57. The van der Waals surface area contributed by atoms with Crippen molar-refractivity contribution < 1.29 is 4.79 Å². The number of rotatable bonds is 3. The Bertz CT molecular complexity index is 560. The Morgan fingerprint density at radius 3 is 2.25 bits per heavy atom. The van der Waals surface area contributed by atoms with E-state index in [0.29, 0.717) is 27.4 Å². The van der Waals surface area contributed by atoms with Crippen LogP contribution in [0, 0.1) is 29.1 Å². The van der Waals surface area contributed by atoms with Crippen molar-refractivity contribution >= 4 is 29.0 Å². The lowest BCUT2D eigenvalue weighted by Crippen LogP contribution is -2.15. The SMILES string of the molecule is N#CC(C(=O)C1C2CCCCC21)c1c(Cl)cccc1Cl. The average molecular weight is 308 g/mol. The second kappa shape index (κ2) is 5.39. The number of hydrogen-bond acceptors (Lipinski definition) is 2. The molecule has 104 valence electrons. The highest BCUT2D eigenvalue weighted by Gasteiger charge is 2.56. The van der Waals surface area contributed by atoms with Crippen LogP contribution in [0.2, 0.25) is 10.0 Å². The van der Waals surface area contributed by atoms with Gasteiger partial charge in [-0.1, -0.05) is 42.1 Å². The van der Waals surface area contributed by atoms with Gasteiger partial charge in [0, 0.05) is 21.5 Å². The Kier molecular flexibility index (Phi) is 3.75. The number of carbonyl (C=O) groups is 1. The molecule has 0 N–H and O–H groups in total. The third-order valence-electron chi connectivity index (χ3n) is 4.69. The monoisotopic (exact) mass is 307 g/mol. The summed E-state index contributed by atoms with van der Waals surface area (Å²) in [5.41, 5.74) is 0.479. The van der Waals surface area contributed by atoms with Gasteiger partial charge in [-0.2, -0.15) is 5.26 Å². The molecule has 3 rings (SSSR count). The standard InChI is InChI=1S/C16H15Cl2NO/c17-12-6-3-7-13(18)15(12)11(8-19)16(20)14-9-4-1-2-5-10(9)14/h3,6-7,9-11,14H,1-2,4-5H2. The molecule has 1 aromatic rings. The lowest BCUT2D eigenvalue weighted by molar-refractivity contribution is -0.121. The summed E-state index contributed by atoms with van der Waals surface area (Å²) in [7, 11) is 0. The topological polar surface area (TPSA) is 40.9 Å². The summed E-state index contributed by atoms with van der Waals surface area (Å²) in [6, 6.07) is 7.20. The Morgan fingerprint density at radius 1 is 1.20 bits per heavy atom. The fourth-order valence-corrected chi connectivity index (χ4v) is 4.28. The van der Waals surface area contributed by atoms with Crippen molar-refractivity contribution in [3.05, 3.63) is 33.8 Å². The Labute approximate surface area is 128 Å². The molecular weight excluding hydrogens is 293 g/mol.